The van der Waals surface area contributed by atoms with Crippen LogP contribution in [0.5, 0.6) is 0 Å². The number of aromatic nitrogens is 1. The number of anilines is 1. The molecule has 0 spiro atoms. The van der Waals surface area contributed by atoms with Crippen LogP contribution in [0.15, 0.2) is 22.7 Å². The van der Waals surface area contributed by atoms with Gasteiger partial charge in [-0.1, -0.05) is 12.1 Å². The van der Waals surface area contributed by atoms with E-state index < -0.39 is 0 Å². The smallest absolute Gasteiger partial charge is 0.230 e. The number of hydrogen-bond acceptors (Lipinski definition) is 3. The van der Waals surface area contributed by atoms with Gasteiger partial charge in [-0.3, -0.25) is 4.79 Å². The molecule has 6 heteroatoms. The number of nitrogens with one attached hydrogen (secondary N) is 1. The molecule has 1 amide bonds. The molecule has 3 rings (SSSR count). The van der Waals surface area contributed by atoms with Crippen molar-refractivity contribution in [1.82, 2.24) is 4.98 Å². The minimum Gasteiger partial charge on any atom is -0.302 e. The van der Waals surface area contributed by atoms with Crippen molar-refractivity contribution in [2.45, 2.75) is 32.1 Å². The van der Waals surface area contributed by atoms with Gasteiger partial charge in [0.15, 0.2) is 5.13 Å². The SMILES string of the molecule is O=C(Cc1cccc(Br)c1F)Nc1nc2c(s1)CCCC2. The van der Waals surface area contributed by atoms with Gasteiger partial charge in [0.05, 0.1) is 16.6 Å². The van der Waals surface area contributed by atoms with Crippen LogP contribution < -0.4 is 5.32 Å². The highest BCUT2D eigenvalue weighted by molar-refractivity contribution is 9.10. The van der Waals surface area contributed by atoms with E-state index in [0.717, 1.165) is 25.0 Å². The van der Waals surface area contributed by atoms with Crippen molar-refractivity contribution < 1.29 is 9.18 Å². The Morgan fingerprint density at radius 2 is 2.19 bits per heavy atom. The lowest BCUT2D eigenvalue weighted by Crippen LogP contribution is -2.15. The monoisotopic (exact) mass is 368 g/mol. The zero-order chi connectivity index (χ0) is 14.8. The van der Waals surface area contributed by atoms with Crippen molar-refractivity contribution >= 4 is 38.3 Å². The van der Waals surface area contributed by atoms with E-state index in [1.165, 1.54) is 22.6 Å². The first kappa shape index (κ1) is 14.7. The number of rotatable bonds is 3. The molecule has 110 valence electrons. The molecular formula is C15H14BrFN2OS. The van der Waals surface area contributed by atoms with Crippen LogP contribution in [0.3, 0.4) is 0 Å². The number of carbonyl (C=O) groups is 1. The minimum absolute atomic E-state index is 0.00944. The Hall–Kier alpha value is -1.27. The van der Waals surface area contributed by atoms with Crippen LogP contribution in [0.2, 0.25) is 0 Å². The number of thiazole rings is 1. The molecule has 1 heterocycles. The Labute approximate surface area is 134 Å². The number of amides is 1. The zero-order valence-electron chi connectivity index (χ0n) is 11.3. The largest absolute Gasteiger partial charge is 0.302 e. The van der Waals surface area contributed by atoms with E-state index >= 15 is 0 Å². The first-order chi connectivity index (χ1) is 10.1. The summed E-state index contributed by atoms with van der Waals surface area (Å²) in [5.74, 6) is -0.621. The second-order valence-electron chi connectivity index (χ2n) is 5.03. The van der Waals surface area contributed by atoms with Crippen LogP contribution in [0.4, 0.5) is 9.52 Å². The van der Waals surface area contributed by atoms with Crippen LogP contribution in [-0.4, -0.2) is 10.9 Å². The minimum atomic E-state index is -0.383. The first-order valence-corrected chi connectivity index (χ1v) is 8.46. The molecule has 21 heavy (non-hydrogen) atoms. The molecule has 0 bridgehead atoms. The molecule has 1 aromatic carbocycles. The molecule has 1 aromatic heterocycles. The summed E-state index contributed by atoms with van der Waals surface area (Å²) in [5.41, 5.74) is 1.48. The van der Waals surface area contributed by atoms with Gasteiger partial charge >= 0.3 is 0 Å². The van der Waals surface area contributed by atoms with Crippen molar-refractivity contribution in [2.75, 3.05) is 5.32 Å². The van der Waals surface area contributed by atoms with Gasteiger partial charge in [0.2, 0.25) is 5.91 Å². The number of hydrogen-bond donors (Lipinski definition) is 1. The summed E-state index contributed by atoms with van der Waals surface area (Å²) >= 11 is 4.66. The quantitative estimate of drug-likeness (QED) is 0.885. The second-order valence-corrected chi connectivity index (χ2v) is 6.97. The van der Waals surface area contributed by atoms with Crippen molar-refractivity contribution in [3.05, 3.63) is 44.6 Å². The average Bonchev–Trinajstić information content (AvgIpc) is 2.86. The predicted molar refractivity (Wildman–Crippen MR) is 85.2 cm³/mol. The van der Waals surface area contributed by atoms with E-state index in [1.54, 1.807) is 18.2 Å². The topological polar surface area (TPSA) is 42.0 Å². The predicted octanol–water partition coefficient (Wildman–Crippen LogP) is 4.10. The maximum atomic E-state index is 13.8. The molecule has 0 radical (unpaired) electrons. The van der Waals surface area contributed by atoms with Crippen LogP contribution >= 0.6 is 27.3 Å². The van der Waals surface area contributed by atoms with Gasteiger partial charge in [-0.2, -0.15) is 0 Å². The van der Waals surface area contributed by atoms with Crippen molar-refractivity contribution in [2.24, 2.45) is 0 Å². The number of benzene rings is 1. The maximum absolute atomic E-state index is 13.8. The molecule has 1 N–H and O–H groups in total. The van der Waals surface area contributed by atoms with Crippen molar-refractivity contribution in [1.29, 1.82) is 0 Å². The molecular weight excluding hydrogens is 355 g/mol. The molecule has 2 aromatic rings. The zero-order valence-corrected chi connectivity index (χ0v) is 13.7. The number of halogens is 2. The highest BCUT2D eigenvalue weighted by Crippen LogP contribution is 2.29. The molecule has 0 fully saturated rings. The Morgan fingerprint density at radius 1 is 1.38 bits per heavy atom. The fourth-order valence-corrected chi connectivity index (χ4v) is 3.90. The number of carbonyl (C=O) groups excluding carboxylic acids is 1. The van der Waals surface area contributed by atoms with Crippen molar-refractivity contribution in [3.63, 3.8) is 0 Å². The first-order valence-electron chi connectivity index (χ1n) is 6.85. The third-order valence-corrected chi connectivity index (χ3v) is 5.16. The van der Waals surface area contributed by atoms with Gasteiger partial charge in [-0.25, -0.2) is 9.37 Å². The number of nitrogens with zero attached hydrogens (tertiary/aromatic N) is 1. The summed E-state index contributed by atoms with van der Waals surface area (Å²) in [6, 6.07) is 4.95. The number of aryl methyl sites for hydroxylation is 2. The second kappa shape index (κ2) is 6.23. The highest BCUT2D eigenvalue weighted by atomic mass is 79.9. The van der Waals surface area contributed by atoms with Crippen LogP contribution in [-0.2, 0) is 24.1 Å². The third kappa shape index (κ3) is 3.32. The molecule has 0 saturated heterocycles. The normalized spacial score (nSPS) is 13.8. The Balaban J connectivity index is 1.69. The van der Waals surface area contributed by atoms with Crippen LogP contribution in [0.1, 0.15) is 29.0 Å². The van der Waals surface area contributed by atoms with Gasteiger partial charge in [0.25, 0.3) is 0 Å². The third-order valence-electron chi connectivity index (χ3n) is 3.47. The van der Waals surface area contributed by atoms with E-state index in [1.807, 2.05) is 0 Å². The standard InChI is InChI=1S/C15H14BrFN2OS/c16-10-5-3-4-9(14(10)17)8-13(20)19-15-18-11-6-1-2-7-12(11)21-15/h3-5H,1-2,6-8H2,(H,18,19,20). The van der Waals surface area contributed by atoms with Gasteiger partial charge in [0.1, 0.15) is 5.82 Å². The summed E-state index contributed by atoms with van der Waals surface area (Å²) in [4.78, 5) is 17.8. The fraction of sp³-hybridized carbons (Fsp3) is 0.333. The average molecular weight is 369 g/mol. The van der Waals surface area contributed by atoms with Gasteiger partial charge in [-0.05, 0) is 53.2 Å². The van der Waals surface area contributed by atoms with Crippen LogP contribution in [0, 0.1) is 5.82 Å². The Morgan fingerprint density at radius 3 is 3.00 bits per heavy atom. The van der Waals surface area contributed by atoms with Gasteiger partial charge < -0.3 is 5.32 Å². The Bertz CT molecular complexity index is 663. The highest BCUT2D eigenvalue weighted by Gasteiger charge is 2.17. The molecule has 0 saturated carbocycles. The summed E-state index contributed by atoms with van der Waals surface area (Å²) in [6.45, 7) is 0. The lowest BCUT2D eigenvalue weighted by atomic mass is 10.0. The Kier molecular flexibility index (Phi) is 4.35. The molecule has 1 aliphatic rings. The molecule has 3 nitrogen and oxygen atoms in total. The molecule has 0 unspecified atom stereocenters. The summed E-state index contributed by atoms with van der Waals surface area (Å²) in [6.07, 6.45) is 4.39. The summed E-state index contributed by atoms with van der Waals surface area (Å²) in [7, 11) is 0. The molecule has 0 aliphatic heterocycles. The van der Waals surface area contributed by atoms with Crippen molar-refractivity contribution in [3.8, 4) is 0 Å². The van der Waals surface area contributed by atoms with E-state index in [0.29, 0.717) is 15.2 Å². The molecule has 0 atom stereocenters. The molecule has 1 aliphatic carbocycles. The summed E-state index contributed by atoms with van der Waals surface area (Å²) in [5, 5.41) is 3.41. The van der Waals surface area contributed by atoms with Gasteiger partial charge in [-0.15, -0.1) is 11.3 Å². The van der Waals surface area contributed by atoms with E-state index in [4.69, 9.17) is 0 Å². The van der Waals surface area contributed by atoms with E-state index in [2.05, 4.69) is 26.2 Å². The van der Waals surface area contributed by atoms with Crippen LogP contribution in [0.25, 0.3) is 0 Å². The lowest BCUT2D eigenvalue weighted by molar-refractivity contribution is -0.115. The van der Waals surface area contributed by atoms with E-state index in [9.17, 15) is 9.18 Å². The van der Waals surface area contributed by atoms with E-state index in [-0.39, 0.29) is 18.1 Å². The fourth-order valence-electron chi connectivity index (χ4n) is 2.43. The van der Waals surface area contributed by atoms with Gasteiger partial charge in [0, 0.05) is 4.88 Å². The maximum Gasteiger partial charge on any atom is 0.230 e. The number of fused-ring (bicyclic) bond motifs is 1. The summed E-state index contributed by atoms with van der Waals surface area (Å²) < 4.78 is 14.2. The lowest BCUT2D eigenvalue weighted by Gasteiger charge is -2.06.